The van der Waals surface area contributed by atoms with Gasteiger partial charge in [-0.15, -0.1) is 11.3 Å². The van der Waals surface area contributed by atoms with Gasteiger partial charge in [0.05, 0.1) is 26.0 Å². The summed E-state index contributed by atoms with van der Waals surface area (Å²) < 4.78 is 12.9. The van der Waals surface area contributed by atoms with Crippen molar-refractivity contribution >= 4 is 23.3 Å². The highest BCUT2D eigenvalue weighted by Crippen LogP contribution is 2.42. The summed E-state index contributed by atoms with van der Waals surface area (Å²) >= 11 is 1.66. The summed E-state index contributed by atoms with van der Waals surface area (Å²) in [5, 5.41) is 6.49. The molecule has 7 heteroatoms. The van der Waals surface area contributed by atoms with E-state index in [9.17, 15) is 4.79 Å². The molecule has 1 aliphatic heterocycles. The van der Waals surface area contributed by atoms with Crippen molar-refractivity contribution in [2.75, 3.05) is 20.8 Å². The molecule has 1 aromatic carbocycles. The molecule has 1 unspecified atom stereocenters. The second-order valence-corrected chi connectivity index (χ2v) is 8.63. The highest BCUT2D eigenvalue weighted by molar-refractivity contribution is 7.10. The first-order valence-electron chi connectivity index (χ1n) is 10.2. The van der Waals surface area contributed by atoms with Gasteiger partial charge in [-0.3, -0.25) is 9.48 Å². The molecular weight excluding hydrogens is 410 g/mol. The number of hydrogen-bond donors (Lipinski definition) is 0. The first kappa shape index (κ1) is 21.2. The van der Waals surface area contributed by atoms with Crippen molar-refractivity contribution in [1.29, 1.82) is 0 Å². The number of carbonyl (C=O) groups is 1. The van der Waals surface area contributed by atoms with E-state index in [1.54, 1.807) is 31.6 Å². The zero-order valence-corrected chi connectivity index (χ0v) is 19.3. The van der Waals surface area contributed by atoms with E-state index in [0.717, 1.165) is 33.8 Å². The molecule has 1 aliphatic rings. The van der Waals surface area contributed by atoms with Crippen molar-refractivity contribution in [3.8, 4) is 11.5 Å². The number of rotatable bonds is 5. The number of aryl methyl sites for hydroxylation is 2. The van der Waals surface area contributed by atoms with Crippen LogP contribution in [0.2, 0.25) is 0 Å². The van der Waals surface area contributed by atoms with Crippen molar-refractivity contribution in [3.05, 3.63) is 68.7 Å². The summed E-state index contributed by atoms with van der Waals surface area (Å²) in [5.41, 5.74) is 5.22. The number of methoxy groups -OCH3 is 2. The monoisotopic (exact) mass is 437 g/mol. The topological polar surface area (TPSA) is 56.6 Å². The molecule has 0 saturated heterocycles. The van der Waals surface area contributed by atoms with E-state index in [1.807, 2.05) is 60.1 Å². The summed E-state index contributed by atoms with van der Waals surface area (Å²) in [4.78, 5) is 16.4. The van der Waals surface area contributed by atoms with Gasteiger partial charge in [0.2, 0.25) is 5.91 Å². The zero-order chi connectivity index (χ0) is 22.1. The largest absolute Gasteiger partial charge is 0.493 e. The molecule has 4 rings (SSSR count). The molecule has 162 valence electrons. The van der Waals surface area contributed by atoms with E-state index < -0.39 is 0 Å². The Hall–Kier alpha value is -3.06. The third kappa shape index (κ3) is 3.85. The summed E-state index contributed by atoms with van der Waals surface area (Å²) in [5.74, 6) is 1.38. The minimum absolute atomic E-state index is 0.0125. The molecule has 31 heavy (non-hydrogen) atoms. The standard InChI is InChI=1S/C24H27N3O3S/c1-15-18(16(2)26(3)25-15)8-9-23(28)27-11-10-17-13-20(29-4)21(30-5)14-19(17)24(27)22-7-6-12-31-22/h6-9,12-14,24H,10-11H2,1-5H3/b9-8+. The summed E-state index contributed by atoms with van der Waals surface area (Å²) in [6.45, 7) is 4.61. The van der Waals surface area contributed by atoms with E-state index in [1.165, 1.54) is 5.56 Å². The maximum atomic E-state index is 13.4. The molecule has 3 heterocycles. The average molecular weight is 438 g/mol. The average Bonchev–Trinajstić information content (AvgIpc) is 3.38. The van der Waals surface area contributed by atoms with Gasteiger partial charge >= 0.3 is 0 Å². The Morgan fingerprint density at radius 2 is 1.97 bits per heavy atom. The van der Waals surface area contributed by atoms with Crippen molar-refractivity contribution in [1.82, 2.24) is 14.7 Å². The summed E-state index contributed by atoms with van der Waals surface area (Å²) in [6.07, 6.45) is 4.32. The number of aromatic nitrogens is 2. The number of ether oxygens (including phenoxy) is 2. The van der Waals surface area contributed by atoms with Gasteiger partial charge in [0.1, 0.15) is 0 Å². The first-order chi connectivity index (χ1) is 14.9. The van der Waals surface area contributed by atoms with Gasteiger partial charge in [0.25, 0.3) is 0 Å². The predicted octanol–water partition coefficient (Wildman–Crippen LogP) is 4.30. The molecule has 6 nitrogen and oxygen atoms in total. The van der Waals surface area contributed by atoms with E-state index in [0.29, 0.717) is 18.0 Å². The fourth-order valence-corrected chi connectivity index (χ4v) is 5.07. The number of nitrogens with zero attached hydrogens (tertiary/aromatic N) is 3. The lowest BCUT2D eigenvalue weighted by molar-refractivity contribution is -0.127. The second kappa shape index (κ2) is 8.59. The van der Waals surface area contributed by atoms with Crippen LogP contribution < -0.4 is 9.47 Å². The predicted molar refractivity (Wildman–Crippen MR) is 123 cm³/mol. The minimum atomic E-state index is -0.156. The van der Waals surface area contributed by atoms with Crippen LogP contribution in [0.1, 0.15) is 39.0 Å². The van der Waals surface area contributed by atoms with Crippen LogP contribution in [-0.2, 0) is 18.3 Å². The van der Waals surface area contributed by atoms with Gasteiger partial charge < -0.3 is 14.4 Å². The Labute approximate surface area is 186 Å². The SMILES string of the molecule is COc1cc2c(cc1OC)C(c1cccs1)N(C(=O)/C=C/c1c(C)nn(C)c1C)CC2. The summed E-state index contributed by atoms with van der Waals surface area (Å²) in [6, 6.07) is 8.00. The maximum Gasteiger partial charge on any atom is 0.247 e. The Morgan fingerprint density at radius 3 is 2.58 bits per heavy atom. The van der Waals surface area contributed by atoms with Crippen LogP contribution in [0.3, 0.4) is 0 Å². The van der Waals surface area contributed by atoms with E-state index in [-0.39, 0.29) is 11.9 Å². The van der Waals surface area contributed by atoms with E-state index in [4.69, 9.17) is 9.47 Å². The van der Waals surface area contributed by atoms with Gasteiger partial charge in [-0.05, 0) is 61.1 Å². The van der Waals surface area contributed by atoms with Gasteiger partial charge in [-0.1, -0.05) is 6.07 Å². The normalized spacial score (nSPS) is 15.9. The molecular formula is C24H27N3O3S. The third-order valence-electron chi connectivity index (χ3n) is 5.93. The highest BCUT2D eigenvalue weighted by atomic mass is 32.1. The second-order valence-electron chi connectivity index (χ2n) is 7.65. The van der Waals surface area contributed by atoms with Crippen LogP contribution in [0.15, 0.2) is 35.7 Å². The van der Waals surface area contributed by atoms with Crippen LogP contribution >= 0.6 is 11.3 Å². The number of thiophene rings is 1. The van der Waals surface area contributed by atoms with Crippen LogP contribution in [0.25, 0.3) is 6.08 Å². The lowest BCUT2D eigenvalue weighted by atomic mass is 9.90. The molecule has 0 N–H and O–H groups in total. The van der Waals surface area contributed by atoms with Crippen molar-refractivity contribution < 1.29 is 14.3 Å². The van der Waals surface area contributed by atoms with E-state index in [2.05, 4.69) is 11.2 Å². The van der Waals surface area contributed by atoms with Crippen LogP contribution in [0.5, 0.6) is 11.5 Å². The zero-order valence-electron chi connectivity index (χ0n) is 18.5. The molecule has 0 saturated carbocycles. The van der Waals surface area contributed by atoms with Crippen LogP contribution in [-0.4, -0.2) is 41.4 Å². The minimum Gasteiger partial charge on any atom is -0.493 e. The Kier molecular flexibility index (Phi) is 5.87. The number of carbonyl (C=O) groups excluding carboxylic acids is 1. The third-order valence-corrected chi connectivity index (χ3v) is 6.85. The fraction of sp³-hybridized carbons (Fsp3) is 0.333. The molecule has 0 bridgehead atoms. The molecule has 3 aromatic rings. The maximum absolute atomic E-state index is 13.4. The Balaban J connectivity index is 1.73. The molecule has 0 spiro atoms. The Morgan fingerprint density at radius 1 is 1.23 bits per heavy atom. The molecule has 2 aromatic heterocycles. The van der Waals surface area contributed by atoms with Gasteiger partial charge in [-0.2, -0.15) is 5.10 Å². The van der Waals surface area contributed by atoms with Gasteiger partial charge in [0, 0.05) is 35.8 Å². The molecule has 1 amide bonds. The smallest absolute Gasteiger partial charge is 0.247 e. The number of benzene rings is 1. The van der Waals surface area contributed by atoms with Crippen molar-refractivity contribution in [2.45, 2.75) is 26.3 Å². The highest BCUT2D eigenvalue weighted by Gasteiger charge is 2.33. The van der Waals surface area contributed by atoms with Gasteiger partial charge in [-0.25, -0.2) is 0 Å². The number of fused-ring (bicyclic) bond motifs is 1. The Bertz CT molecular complexity index is 1130. The number of amides is 1. The van der Waals surface area contributed by atoms with Crippen LogP contribution in [0.4, 0.5) is 0 Å². The number of hydrogen-bond acceptors (Lipinski definition) is 5. The molecule has 0 radical (unpaired) electrons. The van der Waals surface area contributed by atoms with E-state index >= 15 is 0 Å². The van der Waals surface area contributed by atoms with Gasteiger partial charge in [0.15, 0.2) is 11.5 Å². The molecule has 0 aliphatic carbocycles. The first-order valence-corrected chi connectivity index (χ1v) is 11.1. The molecule has 1 atom stereocenters. The van der Waals surface area contributed by atoms with Crippen molar-refractivity contribution in [2.24, 2.45) is 7.05 Å². The fourth-order valence-electron chi connectivity index (χ4n) is 4.22. The van der Waals surface area contributed by atoms with Crippen LogP contribution in [0, 0.1) is 13.8 Å². The summed E-state index contributed by atoms with van der Waals surface area (Å²) in [7, 11) is 5.20. The molecule has 0 fully saturated rings. The van der Waals surface area contributed by atoms with Crippen molar-refractivity contribution in [3.63, 3.8) is 0 Å². The quantitative estimate of drug-likeness (QED) is 0.559. The lowest BCUT2D eigenvalue weighted by Crippen LogP contribution is -2.39. The lowest BCUT2D eigenvalue weighted by Gasteiger charge is -2.37.